The van der Waals surface area contributed by atoms with Crippen molar-refractivity contribution in [1.82, 2.24) is 9.80 Å². The lowest BCUT2D eigenvalue weighted by molar-refractivity contribution is 0.0773. The molecule has 3 aromatic carbocycles. The Morgan fingerprint density at radius 1 is 0.778 bits per heavy atom. The van der Waals surface area contributed by atoms with Gasteiger partial charge in [0.1, 0.15) is 0 Å². The van der Waals surface area contributed by atoms with E-state index < -0.39 is 0 Å². The summed E-state index contributed by atoms with van der Waals surface area (Å²) in [4.78, 5) is 20.1. The number of fused-ring (bicyclic) bond motifs is 2. The molecule has 2 fully saturated rings. The Bertz CT molecular complexity index is 1100. The summed E-state index contributed by atoms with van der Waals surface area (Å²) in [5.41, 5.74) is 4.62. The second kappa shape index (κ2) is 11.3. The van der Waals surface area contributed by atoms with Gasteiger partial charge in [-0.2, -0.15) is 0 Å². The molecular formula is C32H39N3O. The Labute approximate surface area is 216 Å². The summed E-state index contributed by atoms with van der Waals surface area (Å²) in [7, 11) is 0. The molecule has 2 bridgehead atoms. The fourth-order valence-corrected chi connectivity index (χ4v) is 6.34. The molecule has 188 valence electrons. The van der Waals surface area contributed by atoms with Crippen molar-refractivity contribution in [3.05, 3.63) is 96.1 Å². The summed E-state index contributed by atoms with van der Waals surface area (Å²) in [5, 5.41) is 0. The minimum absolute atomic E-state index is 0.113. The lowest BCUT2D eigenvalue weighted by Crippen LogP contribution is -2.50. The maximum absolute atomic E-state index is 12.9. The highest BCUT2D eigenvalue weighted by Gasteiger charge is 2.42. The Hall–Kier alpha value is -3.11. The zero-order valence-electron chi connectivity index (χ0n) is 21.7. The smallest absolute Gasteiger partial charge is 0.253 e. The molecule has 3 aromatic rings. The molecule has 2 aliphatic rings. The third-order valence-corrected chi connectivity index (χ3v) is 8.20. The SMILES string of the molecule is CCN(CC)C(=O)c1ccc(N(c2ccccc2)[C@H]2C[C@H]3CC[C@@H](C2)N3CCc2ccccc2)cc1. The van der Waals surface area contributed by atoms with Gasteiger partial charge < -0.3 is 9.80 Å². The first-order chi connectivity index (χ1) is 17.7. The third-order valence-electron chi connectivity index (χ3n) is 8.20. The van der Waals surface area contributed by atoms with Crippen LogP contribution in [0.25, 0.3) is 0 Å². The molecule has 1 amide bonds. The molecule has 0 radical (unpaired) electrons. The van der Waals surface area contributed by atoms with E-state index >= 15 is 0 Å². The molecule has 0 unspecified atom stereocenters. The van der Waals surface area contributed by atoms with Crippen molar-refractivity contribution < 1.29 is 4.79 Å². The molecule has 3 atom stereocenters. The third kappa shape index (κ3) is 5.19. The van der Waals surface area contributed by atoms with Gasteiger partial charge in [0.05, 0.1) is 0 Å². The van der Waals surface area contributed by atoms with Crippen LogP contribution in [0, 0.1) is 0 Å². The molecule has 4 nitrogen and oxygen atoms in total. The quantitative estimate of drug-likeness (QED) is 0.347. The fraction of sp³-hybridized carbons (Fsp3) is 0.406. The number of rotatable bonds is 9. The molecule has 2 aliphatic heterocycles. The molecule has 0 N–H and O–H groups in total. The predicted molar refractivity (Wildman–Crippen MR) is 149 cm³/mol. The summed E-state index contributed by atoms with van der Waals surface area (Å²) in [5.74, 6) is 0.113. The molecule has 0 saturated carbocycles. The van der Waals surface area contributed by atoms with Gasteiger partial charge in [-0.3, -0.25) is 9.69 Å². The molecule has 2 saturated heterocycles. The first-order valence-corrected chi connectivity index (χ1v) is 13.7. The molecule has 36 heavy (non-hydrogen) atoms. The van der Waals surface area contributed by atoms with E-state index in [2.05, 4.69) is 82.6 Å². The Balaban J connectivity index is 1.35. The largest absolute Gasteiger partial charge is 0.339 e. The molecule has 5 rings (SSSR count). The van der Waals surface area contributed by atoms with E-state index in [0.717, 1.165) is 31.6 Å². The summed E-state index contributed by atoms with van der Waals surface area (Å²) < 4.78 is 0. The second-order valence-electron chi connectivity index (χ2n) is 10.2. The molecule has 0 spiro atoms. The van der Waals surface area contributed by atoms with Crippen molar-refractivity contribution in [2.75, 3.05) is 24.5 Å². The fourth-order valence-electron chi connectivity index (χ4n) is 6.34. The van der Waals surface area contributed by atoms with E-state index in [1.165, 1.54) is 42.6 Å². The minimum atomic E-state index is 0.113. The Kier molecular flexibility index (Phi) is 7.72. The van der Waals surface area contributed by atoms with Crippen LogP contribution >= 0.6 is 0 Å². The van der Waals surface area contributed by atoms with Crippen LogP contribution in [0.15, 0.2) is 84.9 Å². The zero-order chi connectivity index (χ0) is 24.9. The number of amides is 1. The van der Waals surface area contributed by atoms with Crippen LogP contribution in [0.5, 0.6) is 0 Å². The number of benzene rings is 3. The average Bonchev–Trinajstić information content (AvgIpc) is 3.17. The van der Waals surface area contributed by atoms with Gasteiger partial charge in [0.15, 0.2) is 0 Å². The van der Waals surface area contributed by atoms with Crippen LogP contribution in [-0.4, -0.2) is 53.5 Å². The standard InChI is InChI=1S/C32H39N3O/c1-3-33(4-2)32(36)26-15-17-28(18-16-26)35(27-13-9-6-10-14-27)31-23-29-19-20-30(24-31)34(29)22-21-25-11-7-5-8-12-25/h5-18,29-31H,3-4,19-24H2,1-2H3/t29-,30+,31+. The maximum Gasteiger partial charge on any atom is 0.253 e. The van der Waals surface area contributed by atoms with Gasteiger partial charge in [0.2, 0.25) is 0 Å². The van der Waals surface area contributed by atoms with Crippen molar-refractivity contribution in [1.29, 1.82) is 0 Å². The summed E-state index contributed by atoms with van der Waals surface area (Å²) >= 11 is 0. The molecule has 0 aliphatic carbocycles. The monoisotopic (exact) mass is 481 g/mol. The molecule has 0 aromatic heterocycles. The molecule has 4 heteroatoms. The number of para-hydroxylation sites is 1. The van der Waals surface area contributed by atoms with Gasteiger partial charge in [0, 0.05) is 54.7 Å². The lowest BCUT2D eigenvalue weighted by Gasteiger charge is -2.44. The Morgan fingerprint density at radius 3 is 1.92 bits per heavy atom. The Morgan fingerprint density at radius 2 is 1.33 bits per heavy atom. The van der Waals surface area contributed by atoms with Gasteiger partial charge in [0.25, 0.3) is 5.91 Å². The number of carbonyl (C=O) groups is 1. The van der Waals surface area contributed by atoms with E-state index in [4.69, 9.17) is 0 Å². The van der Waals surface area contributed by atoms with E-state index in [0.29, 0.717) is 18.1 Å². The van der Waals surface area contributed by atoms with E-state index in [1.807, 2.05) is 30.9 Å². The number of hydrogen-bond donors (Lipinski definition) is 0. The van der Waals surface area contributed by atoms with Gasteiger partial charge in [-0.15, -0.1) is 0 Å². The summed E-state index contributed by atoms with van der Waals surface area (Å²) in [6.07, 6.45) is 6.09. The van der Waals surface area contributed by atoms with Crippen molar-refractivity contribution in [2.24, 2.45) is 0 Å². The summed E-state index contributed by atoms with van der Waals surface area (Å²) in [6, 6.07) is 31.7. The van der Waals surface area contributed by atoms with E-state index in [1.54, 1.807) is 0 Å². The van der Waals surface area contributed by atoms with E-state index in [9.17, 15) is 4.79 Å². The van der Waals surface area contributed by atoms with Crippen LogP contribution < -0.4 is 4.90 Å². The predicted octanol–water partition coefficient (Wildman–Crippen LogP) is 6.54. The van der Waals surface area contributed by atoms with Crippen LogP contribution in [0.3, 0.4) is 0 Å². The van der Waals surface area contributed by atoms with Crippen molar-refractivity contribution in [3.8, 4) is 0 Å². The van der Waals surface area contributed by atoms with Gasteiger partial charge in [-0.25, -0.2) is 0 Å². The van der Waals surface area contributed by atoms with Crippen molar-refractivity contribution in [3.63, 3.8) is 0 Å². The summed E-state index contributed by atoms with van der Waals surface area (Å²) in [6.45, 7) is 6.69. The van der Waals surface area contributed by atoms with Gasteiger partial charge in [-0.05, 0) is 87.9 Å². The lowest BCUT2D eigenvalue weighted by atomic mass is 9.94. The topological polar surface area (TPSA) is 26.8 Å². The number of hydrogen-bond acceptors (Lipinski definition) is 3. The van der Waals surface area contributed by atoms with Gasteiger partial charge >= 0.3 is 0 Å². The van der Waals surface area contributed by atoms with Crippen LogP contribution in [0.4, 0.5) is 11.4 Å². The number of anilines is 2. The van der Waals surface area contributed by atoms with Crippen LogP contribution in [0.1, 0.15) is 55.5 Å². The van der Waals surface area contributed by atoms with Crippen LogP contribution in [0.2, 0.25) is 0 Å². The van der Waals surface area contributed by atoms with Gasteiger partial charge in [-0.1, -0.05) is 48.5 Å². The highest BCUT2D eigenvalue weighted by Crippen LogP contribution is 2.41. The highest BCUT2D eigenvalue weighted by atomic mass is 16.2. The number of nitrogens with zero attached hydrogens (tertiary/aromatic N) is 3. The number of piperidine rings is 1. The average molecular weight is 482 g/mol. The molecular weight excluding hydrogens is 442 g/mol. The van der Waals surface area contributed by atoms with Crippen LogP contribution in [-0.2, 0) is 6.42 Å². The van der Waals surface area contributed by atoms with Crippen molar-refractivity contribution in [2.45, 2.75) is 64.1 Å². The normalized spacial score (nSPS) is 21.3. The van der Waals surface area contributed by atoms with Crippen molar-refractivity contribution >= 4 is 17.3 Å². The zero-order valence-corrected chi connectivity index (χ0v) is 21.7. The second-order valence-corrected chi connectivity index (χ2v) is 10.2. The highest BCUT2D eigenvalue weighted by molar-refractivity contribution is 5.94. The first kappa shape index (κ1) is 24.6. The number of carbonyl (C=O) groups excluding carboxylic acids is 1. The minimum Gasteiger partial charge on any atom is -0.339 e. The maximum atomic E-state index is 12.9. The van der Waals surface area contributed by atoms with E-state index in [-0.39, 0.29) is 5.91 Å². The first-order valence-electron chi connectivity index (χ1n) is 13.7. The molecule has 2 heterocycles.